The van der Waals surface area contributed by atoms with Crippen molar-refractivity contribution >= 4 is 17.5 Å². The number of hydrogen-bond acceptors (Lipinski definition) is 5. The monoisotopic (exact) mass is 405 g/mol. The van der Waals surface area contributed by atoms with Gasteiger partial charge in [0.15, 0.2) is 5.82 Å². The number of alkyl halides is 3. The van der Waals surface area contributed by atoms with Crippen LogP contribution in [0.25, 0.3) is 5.82 Å². The van der Waals surface area contributed by atoms with Gasteiger partial charge in [0.1, 0.15) is 12.1 Å². The van der Waals surface area contributed by atoms with Crippen LogP contribution in [0.15, 0.2) is 48.9 Å². The van der Waals surface area contributed by atoms with E-state index in [-0.39, 0.29) is 12.2 Å². The van der Waals surface area contributed by atoms with Crippen LogP contribution in [0.2, 0.25) is 0 Å². The Kier molecular flexibility index (Phi) is 5.96. The highest BCUT2D eigenvalue weighted by molar-refractivity contribution is 5.89. The summed E-state index contributed by atoms with van der Waals surface area (Å²) in [6, 6.07) is 7.36. The molecule has 11 heteroatoms. The zero-order chi connectivity index (χ0) is 20.9. The van der Waals surface area contributed by atoms with Crippen molar-refractivity contribution < 1.29 is 18.0 Å². The lowest BCUT2D eigenvalue weighted by molar-refractivity contribution is -0.137. The summed E-state index contributed by atoms with van der Waals surface area (Å²) < 4.78 is 39.7. The van der Waals surface area contributed by atoms with Crippen LogP contribution in [0.1, 0.15) is 11.3 Å². The fourth-order valence-electron chi connectivity index (χ4n) is 2.43. The Bertz CT molecular complexity index is 987. The molecule has 0 unspecified atom stereocenters. The summed E-state index contributed by atoms with van der Waals surface area (Å²) in [6.45, 7) is 2.45. The minimum absolute atomic E-state index is 0.0558. The third-order valence-electron chi connectivity index (χ3n) is 3.77. The van der Waals surface area contributed by atoms with E-state index in [1.807, 2.05) is 13.0 Å². The minimum atomic E-state index is -4.47. The lowest BCUT2D eigenvalue weighted by Crippen LogP contribution is -2.32. The van der Waals surface area contributed by atoms with E-state index in [1.54, 1.807) is 16.9 Å². The van der Waals surface area contributed by atoms with Crippen molar-refractivity contribution in [3.8, 4) is 5.82 Å². The van der Waals surface area contributed by atoms with E-state index in [0.717, 1.165) is 17.8 Å². The van der Waals surface area contributed by atoms with Gasteiger partial charge in [0.25, 0.3) is 0 Å². The molecule has 0 atom stereocenters. The number of urea groups is 1. The van der Waals surface area contributed by atoms with Crippen molar-refractivity contribution in [3.05, 3.63) is 60.2 Å². The molecular formula is C18H18F3N7O. The van der Waals surface area contributed by atoms with E-state index in [0.29, 0.717) is 18.2 Å². The number of nitrogens with zero attached hydrogens (tertiary/aromatic N) is 4. The van der Waals surface area contributed by atoms with E-state index in [9.17, 15) is 18.0 Å². The Morgan fingerprint density at radius 1 is 1.14 bits per heavy atom. The van der Waals surface area contributed by atoms with Crippen molar-refractivity contribution in [2.45, 2.75) is 13.1 Å². The van der Waals surface area contributed by atoms with Gasteiger partial charge in [-0.15, -0.1) is 0 Å². The molecular weight excluding hydrogens is 387 g/mol. The molecule has 3 aromatic rings. The van der Waals surface area contributed by atoms with Gasteiger partial charge < -0.3 is 16.0 Å². The Hall–Kier alpha value is -3.63. The van der Waals surface area contributed by atoms with Crippen molar-refractivity contribution in [2.75, 3.05) is 23.7 Å². The summed E-state index contributed by atoms with van der Waals surface area (Å²) in [5, 5.41) is 12.2. The molecule has 3 rings (SSSR count). The van der Waals surface area contributed by atoms with E-state index >= 15 is 0 Å². The van der Waals surface area contributed by atoms with Crippen molar-refractivity contribution in [1.29, 1.82) is 0 Å². The van der Waals surface area contributed by atoms with Gasteiger partial charge in [-0.05, 0) is 31.2 Å². The molecule has 152 valence electrons. The van der Waals surface area contributed by atoms with Crippen molar-refractivity contribution in [2.24, 2.45) is 0 Å². The van der Waals surface area contributed by atoms with Crippen LogP contribution in [0.5, 0.6) is 0 Å². The number of aromatic nitrogens is 4. The zero-order valence-electron chi connectivity index (χ0n) is 15.4. The summed E-state index contributed by atoms with van der Waals surface area (Å²) in [5.41, 5.74) is 0.0817. The number of amides is 2. The molecule has 1 aromatic carbocycles. The van der Waals surface area contributed by atoms with Gasteiger partial charge in [0, 0.05) is 31.0 Å². The van der Waals surface area contributed by atoms with Crippen molar-refractivity contribution in [1.82, 2.24) is 25.1 Å². The smallest absolute Gasteiger partial charge is 0.368 e. The number of rotatable bonds is 6. The van der Waals surface area contributed by atoms with Crippen LogP contribution >= 0.6 is 0 Å². The maximum atomic E-state index is 12.7. The molecule has 0 aliphatic heterocycles. The third kappa shape index (κ3) is 5.67. The van der Waals surface area contributed by atoms with E-state index < -0.39 is 17.8 Å². The fraction of sp³-hybridized carbons (Fsp3) is 0.222. The predicted molar refractivity (Wildman–Crippen MR) is 101 cm³/mol. The van der Waals surface area contributed by atoms with Gasteiger partial charge in [-0.2, -0.15) is 18.3 Å². The molecule has 0 radical (unpaired) electrons. The molecule has 0 aliphatic rings. The first-order chi connectivity index (χ1) is 13.8. The molecule has 8 nitrogen and oxygen atoms in total. The molecule has 0 aliphatic carbocycles. The molecule has 0 fully saturated rings. The Balaban J connectivity index is 1.47. The second kappa shape index (κ2) is 8.59. The molecule has 0 spiro atoms. The second-order valence-electron chi connectivity index (χ2n) is 6.05. The first-order valence-electron chi connectivity index (χ1n) is 8.62. The van der Waals surface area contributed by atoms with Crippen LogP contribution in [-0.2, 0) is 6.18 Å². The molecule has 3 N–H and O–H groups in total. The number of anilines is 2. The van der Waals surface area contributed by atoms with Crippen LogP contribution in [-0.4, -0.2) is 38.9 Å². The fourth-order valence-corrected chi connectivity index (χ4v) is 2.43. The number of aryl methyl sites for hydroxylation is 1. The minimum Gasteiger partial charge on any atom is -0.368 e. The average molecular weight is 405 g/mol. The molecule has 2 aromatic heterocycles. The Morgan fingerprint density at radius 2 is 1.97 bits per heavy atom. The summed E-state index contributed by atoms with van der Waals surface area (Å²) in [5.74, 6) is 1.13. The number of nitrogens with one attached hydrogen (secondary N) is 3. The lowest BCUT2D eigenvalue weighted by Gasteiger charge is -2.11. The summed E-state index contributed by atoms with van der Waals surface area (Å²) in [7, 11) is 0. The number of carbonyl (C=O) groups is 1. The number of benzene rings is 1. The summed E-state index contributed by atoms with van der Waals surface area (Å²) >= 11 is 0. The molecule has 0 saturated carbocycles. The topological polar surface area (TPSA) is 96.8 Å². The quantitative estimate of drug-likeness (QED) is 0.547. The SMILES string of the molecule is Cc1ccn(-c2cc(NCCNC(=O)Nc3cccc(C(F)(F)F)c3)ncn2)n1. The highest BCUT2D eigenvalue weighted by atomic mass is 19.4. The number of halogens is 3. The van der Waals surface area contributed by atoms with Gasteiger partial charge >= 0.3 is 12.2 Å². The molecule has 2 heterocycles. The van der Waals surface area contributed by atoms with Gasteiger partial charge in [-0.3, -0.25) is 0 Å². The highest BCUT2D eigenvalue weighted by Gasteiger charge is 2.30. The summed E-state index contributed by atoms with van der Waals surface area (Å²) in [6.07, 6.45) is -1.30. The highest BCUT2D eigenvalue weighted by Crippen LogP contribution is 2.30. The third-order valence-corrected chi connectivity index (χ3v) is 3.77. The van der Waals surface area contributed by atoms with Crippen molar-refractivity contribution in [3.63, 3.8) is 0 Å². The molecule has 0 saturated heterocycles. The normalized spacial score (nSPS) is 11.2. The van der Waals surface area contributed by atoms with Crippen LogP contribution < -0.4 is 16.0 Å². The van der Waals surface area contributed by atoms with Crippen LogP contribution in [0, 0.1) is 6.92 Å². The van der Waals surface area contributed by atoms with Gasteiger partial charge in [0.2, 0.25) is 0 Å². The number of carbonyl (C=O) groups excluding carboxylic acids is 1. The molecule has 0 bridgehead atoms. The first kappa shape index (κ1) is 20.1. The van der Waals surface area contributed by atoms with Crippen LogP contribution in [0.4, 0.5) is 29.5 Å². The van der Waals surface area contributed by atoms with Crippen LogP contribution in [0.3, 0.4) is 0 Å². The van der Waals surface area contributed by atoms with Gasteiger partial charge in [-0.1, -0.05) is 6.07 Å². The van der Waals surface area contributed by atoms with E-state index in [4.69, 9.17) is 0 Å². The average Bonchev–Trinajstić information content (AvgIpc) is 3.11. The molecule has 29 heavy (non-hydrogen) atoms. The number of hydrogen-bond donors (Lipinski definition) is 3. The lowest BCUT2D eigenvalue weighted by atomic mass is 10.2. The van der Waals surface area contributed by atoms with E-state index in [2.05, 4.69) is 31.0 Å². The van der Waals surface area contributed by atoms with Gasteiger partial charge in [-0.25, -0.2) is 19.4 Å². The second-order valence-corrected chi connectivity index (χ2v) is 6.05. The maximum absolute atomic E-state index is 12.7. The first-order valence-corrected chi connectivity index (χ1v) is 8.62. The summed E-state index contributed by atoms with van der Waals surface area (Å²) in [4.78, 5) is 20.1. The standard InChI is InChI=1S/C18H18F3N7O/c1-12-5-8-28(27-12)16-10-15(24-11-25-16)22-6-7-23-17(29)26-14-4-2-3-13(9-14)18(19,20)21/h2-5,8-11H,6-7H2,1H3,(H,22,24,25)(H2,23,26,29). The molecule has 2 amide bonds. The maximum Gasteiger partial charge on any atom is 0.416 e. The Labute approximate surface area is 164 Å². The Morgan fingerprint density at radius 3 is 2.69 bits per heavy atom. The largest absolute Gasteiger partial charge is 0.416 e. The van der Waals surface area contributed by atoms with E-state index in [1.165, 1.54) is 18.5 Å². The van der Waals surface area contributed by atoms with Gasteiger partial charge in [0.05, 0.1) is 11.3 Å². The zero-order valence-corrected chi connectivity index (χ0v) is 15.4. The predicted octanol–water partition coefficient (Wildman–Crippen LogP) is 3.22.